The van der Waals surface area contributed by atoms with E-state index in [0.717, 1.165) is 0 Å². The van der Waals surface area contributed by atoms with Crippen molar-refractivity contribution < 1.29 is 0 Å². The molecule has 1 aromatic heterocycles. The van der Waals surface area contributed by atoms with Crippen molar-refractivity contribution in [1.82, 2.24) is 0 Å². The zero-order valence-corrected chi connectivity index (χ0v) is 9.62. The summed E-state index contributed by atoms with van der Waals surface area (Å²) in [7, 11) is 0. The van der Waals surface area contributed by atoms with E-state index in [1.807, 2.05) is 11.3 Å². The Labute approximate surface area is 86.0 Å². The molecule has 0 bridgehead atoms. The number of unbranched alkanes of at least 4 members (excludes halogenated alkanes) is 3. The summed E-state index contributed by atoms with van der Waals surface area (Å²) in [4.78, 5) is 3.11. The van der Waals surface area contributed by atoms with Crippen molar-refractivity contribution in [2.75, 3.05) is 0 Å². The largest absolute Gasteiger partial charge is 0.145 e. The normalized spacial score (nSPS) is 10.6. The number of hydrogen-bond acceptors (Lipinski definition) is 1. The number of hydrogen-bond donors (Lipinski definition) is 0. The van der Waals surface area contributed by atoms with Gasteiger partial charge in [-0.2, -0.15) is 0 Å². The summed E-state index contributed by atoms with van der Waals surface area (Å²) < 4.78 is 0. The minimum absolute atomic E-state index is 1.19. The Balaban J connectivity index is 2.20. The maximum atomic E-state index is 2.30. The van der Waals surface area contributed by atoms with Crippen LogP contribution in [0.5, 0.6) is 0 Å². The second-order valence-electron chi connectivity index (χ2n) is 3.53. The smallest absolute Gasteiger partial charge is 0.00481 e. The summed E-state index contributed by atoms with van der Waals surface area (Å²) in [6.45, 7) is 4.49. The van der Waals surface area contributed by atoms with E-state index in [0.29, 0.717) is 0 Å². The van der Waals surface area contributed by atoms with E-state index in [1.54, 1.807) is 4.88 Å². The molecule has 0 amide bonds. The molecule has 0 aromatic carbocycles. The Bertz CT molecular complexity index is 225. The zero-order chi connectivity index (χ0) is 9.52. The molecule has 0 nitrogen and oxygen atoms in total. The highest BCUT2D eigenvalue weighted by atomic mass is 32.1. The lowest BCUT2D eigenvalue weighted by Gasteiger charge is -1.96. The molecule has 0 radical (unpaired) electrons. The summed E-state index contributed by atoms with van der Waals surface area (Å²) >= 11 is 1.99. The average Bonchev–Trinajstić information content (AvgIpc) is 2.60. The molecule has 0 saturated heterocycles. The van der Waals surface area contributed by atoms with E-state index in [9.17, 15) is 0 Å². The number of rotatable bonds is 6. The fraction of sp³-hybridized carbons (Fsp3) is 0.667. The average molecular weight is 196 g/mol. The molecular formula is C12H20S. The van der Waals surface area contributed by atoms with Gasteiger partial charge in [0.25, 0.3) is 0 Å². The lowest BCUT2D eigenvalue weighted by Crippen LogP contribution is -1.80. The standard InChI is InChI=1S/C12H20S/c1-3-5-6-7-8-12-10-9-11(4-2)13-12/h9-10H,3-8H2,1-2H3. The van der Waals surface area contributed by atoms with Crippen molar-refractivity contribution in [1.29, 1.82) is 0 Å². The predicted molar refractivity (Wildman–Crippen MR) is 61.5 cm³/mol. The third-order valence-corrected chi connectivity index (χ3v) is 3.63. The van der Waals surface area contributed by atoms with Crippen molar-refractivity contribution in [2.45, 2.75) is 52.4 Å². The monoisotopic (exact) mass is 196 g/mol. The minimum Gasteiger partial charge on any atom is -0.145 e. The Morgan fingerprint density at radius 3 is 2.38 bits per heavy atom. The van der Waals surface area contributed by atoms with Gasteiger partial charge in [-0.05, 0) is 31.4 Å². The Morgan fingerprint density at radius 2 is 1.77 bits per heavy atom. The van der Waals surface area contributed by atoms with Gasteiger partial charge in [-0.3, -0.25) is 0 Å². The highest BCUT2D eigenvalue weighted by Crippen LogP contribution is 2.19. The molecule has 0 spiro atoms. The summed E-state index contributed by atoms with van der Waals surface area (Å²) in [5, 5.41) is 0. The van der Waals surface area contributed by atoms with Gasteiger partial charge < -0.3 is 0 Å². The summed E-state index contributed by atoms with van der Waals surface area (Å²) in [6, 6.07) is 4.58. The molecule has 74 valence electrons. The van der Waals surface area contributed by atoms with Gasteiger partial charge in [0.05, 0.1) is 0 Å². The second kappa shape index (κ2) is 6.20. The second-order valence-corrected chi connectivity index (χ2v) is 4.79. The molecule has 1 heteroatoms. The van der Waals surface area contributed by atoms with Crippen LogP contribution in [-0.4, -0.2) is 0 Å². The van der Waals surface area contributed by atoms with E-state index in [2.05, 4.69) is 26.0 Å². The van der Waals surface area contributed by atoms with E-state index >= 15 is 0 Å². The predicted octanol–water partition coefficient (Wildman–Crippen LogP) is 4.43. The molecule has 0 saturated carbocycles. The van der Waals surface area contributed by atoms with E-state index in [1.165, 1.54) is 43.4 Å². The lowest BCUT2D eigenvalue weighted by atomic mass is 10.1. The molecule has 0 atom stereocenters. The first-order valence-electron chi connectivity index (χ1n) is 5.44. The van der Waals surface area contributed by atoms with Gasteiger partial charge in [0.15, 0.2) is 0 Å². The number of thiophene rings is 1. The van der Waals surface area contributed by atoms with Crippen LogP contribution in [0.2, 0.25) is 0 Å². The van der Waals surface area contributed by atoms with Crippen molar-refractivity contribution in [3.8, 4) is 0 Å². The van der Waals surface area contributed by atoms with Crippen LogP contribution in [-0.2, 0) is 12.8 Å². The first-order valence-corrected chi connectivity index (χ1v) is 6.26. The molecule has 1 aromatic rings. The van der Waals surface area contributed by atoms with Crippen LogP contribution in [0.3, 0.4) is 0 Å². The quantitative estimate of drug-likeness (QED) is 0.590. The minimum atomic E-state index is 1.19. The molecule has 0 unspecified atom stereocenters. The van der Waals surface area contributed by atoms with Gasteiger partial charge in [-0.1, -0.05) is 33.1 Å². The summed E-state index contributed by atoms with van der Waals surface area (Å²) in [5.41, 5.74) is 0. The van der Waals surface area contributed by atoms with Gasteiger partial charge >= 0.3 is 0 Å². The van der Waals surface area contributed by atoms with Gasteiger partial charge in [0, 0.05) is 9.75 Å². The first-order chi connectivity index (χ1) is 6.36. The van der Waals surface area contributed by atoms with Gasteiger partial charge in [0.2, 0.25) is 0 Å². The Kier molecular flexibility index (Phi) is 5.14. The zero-order valence-electron chi connectivity index (χ0n) is 8.81. The third kappa shape index (κ3) is 3.95. The van der Waals surface area contributed by atoms with E-state index in [-0.39, 0.29) is 0 Å². The van der Waals surface area contributed by atoms with Crippen molar-refractivity contribution >= 4 is 11.3 Å². The topological polar surface area (TPSA) is 0 Å². The van der Waals surface area contributed by atoms with Crippen molar-refractivity contribution in [3.05, 3.63) is 21.9 Å². The van der Waals surface area contributed by atoms with E-state index in [4.69, 9.17) is 0 Å². The Hall–Kier alpha value is -0.300. The summed E-state index contributed by atoms with van der Waals surface area (Å²) in [6.07, 6.45) is 7.99. The first kappa shape index (κ1) is 10.8. The van der Waals surface area contributed by atoms with Gasteiger partial charge in [0.1, 0.15) is 0 Å². The molecule has 13 heavy (non-hydrogen) atoms. The van der Waals surface area contributed by atoms with Gasteiger partial charge in [-0.15, -0.1) is 11.3 Å². The van der Waals surface area contributed by atoms with E-state index < -0.39 is 0 Å². The third-order valence-electron chi connectivity index (χ3n) is 2.34. The molecular weight excluding hydrogens is 176 g/mol. The highest BCUT2D eigenvalue weighted by molar-refractivity contribution is 7.11. The molecule has 0 N–H and O–H groups in total. The maximum absolute atomic E-state index is 2.30. The highest BCUT2D eigenvalue weighted by Gasteiger charge is 1.97. The molecule has 0 fully saturated rings. The van der Waals surface area contributed by atoms with Crippen LogP contribution < -0.4 is 0 Å². The SMILES string of the molecule is CCCCCCc1ccc(CC)s1. The molecule has 1 heterocycles. The van der Waals surface area contributed by atoms with Gasteiger partial charge in [-0.25, -0.2) is 0 Å². The van der Waals surface area contributed by atoms with Crippen LogP contribution in [0.25, 0.3) is 0 Å². The fourth-order valence-electron chi connectivity index (χ4n) is 1.47. The fourth-order valence-corrected chi connectivity index (χ4v) is 2.47. The molecule has 0 aliphatic rings. The molecule has 0 aliphatic heterocycles. The van der Waals surface area contributed by atoms with Crippen LogP contribution >= 0.6 is 11.3 Å². The van der Waals surface area contributed by atoms with Crippen LogP contribution in [0, 0.1) is 0 Å². The molecule has 0 aliphatic carbocycles. The van der Waals surface area contributed by atoms with Crippen molar-refractivity contribution in [2.24, 2.45) is 0 Å². The maximum Gasteiger partial charge on any atom is 0.00481 e. The Morgan fingerprint density at radius 1 is 1.00 bits per heavy atom. The lowest BCUT2D eigenvalue weighted by molar-refractivity contribution is 0.670. The van der Waals surface area contributed by atoms with Crippen molar-refractivity contribution in [3.63, 3.8) is 0 Å². The van der Waals surface area contributed by atoms with Crippen LogP contribution in [0.1, 0.15) is 49.3 Å². The summed E-state index contributed by atoms with van der Waals surface area (Å²) in [5.74, 6) is 0. The van der Waals surface area contributed by atoms with Crippen LogP contribution in [0.4, 0.5) is 0 Å². The van der Waals surface area contributed by atoms with Crippen LogP contribution in [0.15, 0.2) is 12.1 Å². The molecule has 1 rings (SSSR count). The number of aryl methyl sites for hydroxylation is 2.